The van der Waals surface area contributed by atoms with Crippen LogP contribution in [-0.4, -0.2) is 36.3 Å². The van der Waals surface area contributed by atoms with E-state index in [0.29, 0.717) is 6.54 Å². The minimum Gasteiger partial charge on any atom is -0.348 e. The smallest absolute Gasteiger partial charge is 0.238 e. The van der Waals surface area contributed by atoms with Gasteiger partial charge in [-0.05, 0) is 60.8 Å². The molecule has 0 aliphatic rings. The first-order valence-electron chi connectivity index (χ1n) is 10.8. The fourth-order valence-electron chi connectivity index (χ4n) is 3.69. The minimum absolute atomic E-state index is 0.0854. The lowest BCUT2D eigenvalue weighted by Gasteiger charge is -2.22. The number of para-hydroxylation sites is 1. The molecule has 5 nitrogen and oxygen atoms in total. The summed E-state index contributed by atoms with van der Waals surface area (Å²) in [6.45, 7) is 7.03. The Morgan fingerprint density at radius 2 is 1.58 bits per heavy atom. The summed E-state index contributed by atoms with van der Waals surface area (Å²) in [5.74, 6) is -0.198. The number of hydrogen-bond donors (Lipinski definition) is 2. The van der Waals surface area contributed by atoms with Crippen LogP contribution in [0.2, 0.25) is 0 Å². The molecular weight excluding hydrogens is 386 g/mol. The number of carbonyl (C=O) groups excluding carboxylic acids is 2. The SMILES string of the molecule is CCCN(CC(=O)Nc1ccccc1C)CC(=O)N[C@H](C)c1ccc2ccccc2c1. The van der Waals surface area contributed by atoms with Gasteiger partial charge in [-0.1, -0.05) is 61.5 Å². The first-order chi connectivity index (χ1) is 15.0. The molecule has 0 saturated carbocycles. The molecule has 0 heterocycles. The molecular formula is C26H31N3O2. The Hall–Kier alpha value is -3.18. The van der Waals surface area contributed by atoms with E-state index in [1.54, 1.807) is 0 Å². The maximum atomic E-state index is 12.7. The Bertz CT molecular complexity index is 1050. The molecule has 2 N–H and O–H groups in total. The van der Waals surface area contributed by atoms with Gasteiger partial charge in [0.05, 0.1) is 19.1 Å². The summed E-state index contributed by atoms with van der Waals surface area (Å²) in [6.07, 6.45) is 0.866. The molecule has 3 aromatic carbocycles. The average molecular weight is 418 g/mol. The monoisotopic (exact) mass is 417 g/mol. The lowest BCUT2D eigenvalue weighted by molar-refractivity contribution is -0.124. The number of anilines is 1. The average Bonchev–Trinajstić information content (AvgIpc) is 2.75. The van der Waals surface area contributed by atoms with Gasteiger partial charge in [0.25, 0.3) is 0 Å². The molecule has 0 unspecified atom stereocenters. The number of nitrogens with one attached hydrogen (secondary N) is 2. The normalized spacial score (nSPS) is 12.0. The van der Waals surface area contributed by atoms with E-state index in [1.165, 1.54) is 5.39 Å². The molecule has 1 atom stereocenters. The molecule has 0 aliphatic carbocycles. The summed E-state index contributed by atoms with van der Waals surface area (Å²) in [5, 5.41) is 8.35. The minimum atomic E-state index is -0.113. The third-order valence-corrected chi connectivity index (χ3v) is 5.34. The molecule has 0 spiro atoms. The Labute approximate surface area is 184 Å². The highest BCUT2D eigenvalue weighted by Gasteiger charge is 2.17. The topological polar surface area (TPSA) is 61.4 Å². The van der Waals surface area contributed by atoms with Crippen LogP contribution in [0, 0.1) is 6.92 Å². The molecule has 2 amide bonds. The lowest BCUT2D eigenvalue weighted by Crippen LogP contribution is -2.42. The third-order valence-electron chi connectivity index (χ3n) is 5.34. The summed E-state index contributed by atoms with van der Waals surface area (Å²) in [5.41, 5.74) is 2.88. The van der Waals surface area contributed by atoms with E-state index in [-0.39, 0.29) is 30.9 Å². The summed E-state index contributed by atoms with van der Waals surface area (Å²) in [6, 6.07) is 22.0. The molecule has 3 aromatic rings. The van der Waals surface area contributed by atoms with Crippen molar-refractivity contribution in [2.24, 2.45) is 0 Å². The van der Waals surface area contributed by atoms with Crippen molar-refractivity contribution in [2.45, 2.75) is 33.2 Å². The molecule has 0 saturated heterocycles. The first kappa shape index (κ1) is 22.5. The Morgan fingerprint density at radius 1 is 0.903 bits per heavy atom. The van der Waals surface area contributed by atoms with Crippen molar-refractivity contribution in [2.75, 3.05) is 25.0 Å². The van der Waals surface area contributed by atoms with Crippen LogP contribution in [0.1, 0.15) is 37.4 Å². The summed E-state index contributed by atoms with van der Waals surface area (Å²) < 4.78 is 0. The van der Waals surface area contributed by atoms with Gasteiger partial charge in [0, 0.05) is 5.69 Å². The van der Waals surface area contributed by atoms with Crippen LogP contribution in [0.3, 0.4) is 0 Å². The molecule has 0 aliphatic heterocycles. The molecule has 0 bridgehead atoms. The second-order valence-corrected chi connectivity index (χ2v) is 7.97. The summed E-state index contributed by atoms with van der Waals surface area (Å²) in [4.78, 5) is 27.1. The van der Waals surface area contributed by atoms with Gasteiger partial charge in [-0.3, -0.25) is 14.5 Å². The first-order valence-corrected chi connectivity index (χ1v) is 10.8. The molecule has 162 valence electrons. The van der Waals surface area contributed by atoms with Crippen LogP contribution in [-0.2, 0) is 9.59 Å². The van der Waals surface area contributed by atoms with Gasteiger partial charge < -0.3 is 10.6 Å². The highest BCUT2D eigenvalue weighted by atomic mass is 16.2. The van der Waals surface area contributed by atoms with Gasteiger partial charge in [0.15, 0.2) is 0 Å². The summed E-state index contributed by atoms with van der Waals surface area (Å²) in [7, 11) is 0. The Kier molecular flexibility index (Phi) is 7.79. The van der Waals surface area contributed by atoms with Crippen molar-refractivity contribution in [3.05, 3.63) is 77.9 Å². The highest BCUT2D eigenvalue weighted by molar-refractivity contribution is 5.93. The van der Waals surface area contributed by atoms with Gasteiger partial charge in [-0.15, -0.1) is 0 Å². The Balaban J connectivity index is 1.57. The zero-order valence-corrected chi connectivity index (χ0v) is 18.5. The summed E-state index contributed by atoms with van der Waals surface area (Å²) >= 11 is 0. The van der Waals surface area contributed by atoms with E-state index in [1.807, 2.05) is 68.1 Å². The van der Waals surface area contributed by atoms with E-state index in [0.717, 1.165) is 28.6 Å². The van der Waals surface area contributed by atoms with Crippen molar-refractivity contribution in [1.82, 2.24) is 10.2 Å². The van der Waals surface area contributed by atoms with Crippen LogP contribution < -0.4 is 10.6 Å². The van der Waals surface area contributed by atoms with Crippen LogP contribution in [0.5, 0.6) is 0 Å². The fraction of sp³-hybridized carbons (Fsp3) is 0.308. The molecule has 3 rings (SSSR count). The second-order valence-electron chi connectivity index (χ2n) is 7.97. The maximum Gasteiger partial charge on any atom is 0.238 e. The predicted octanol–water partition coefficient (Wildman–Crippen LogP) is 4.68. The second kappa shape index (κ2) is 10.7. The largest absolute Gasteiger partial charge is 0.348 e. The van der Waals surface area contributed by atoms with Crippen LogP contribution in [0.25, 0.3) is 10.8 Å². The highest BCUT2D eigenvalue weighted by Crippen LogP contribution is 2.20. The zero-order chi connectivity index (χ0) is 22.2. The molecule has 31 heavy (non-hydrogen) atoms. The number of aryl methyl sites for hydroxylation is 1. The van der Waals surface area contributed by atoms with Gasteiger partial charge in [0.2, 0.25) is 11.8 Å². The number of fused-ring (bicyclic) bond motifs is 1. The van der Waals surface area contributed by atoms with Crippen molar-refractivity contribution < 1.29 is 9.59 Å². The molecule has 0 fully saturated rings. The van der Waals surface area contributed by atoms with Gasteiger partial charge in [-0.2, -0.15) is 0 Å². The van der Waals surface area contributed by atoms with Gasteiger partial charge >= 0.3 is 0 Å². The van der Waals surface area contributed by atoms with E-state index in [2.05, 4.69) is 34.9 Å². The maximum absolute atomic E-state index is 12.7. The number of hydrogen-bond acceptors (Lipinski definition) is 3. The lowest BCUT2D eigenvalue weighted by atomic mass is 10.0. The van der Waals surface area contributed by atoms with Crippen molar-refractivity contribution >= 4 is 28.3 Å². The Morgan fingerprint density at radius 3 is 2.32 bits per heavy atom. The number of carbonyl (C=O) groups is 2. The quantitative estimate of drug-likeness (QED) is 0.532. The van der Waals surface area contributed by atoms with Gasteiger partial charge in [-0.25, -0.2) is 0 Å². The van der Waals surface area contributed by atoms with Gasteiger partial charge in [0.1, 0.15) is 0 Å². The van der Waals surface area contributed by atoms with Crippen molar-refractivity contribution in [1.29, 1.82) is 0 Å². The number of benzene rings is 3. The van der Waals surface area contributed by atoms with Crippen LogP contribution >= 0.6 is 0 Å². The third kappa shape index (κ3) is 6.40. The predicted molar refractivity (Wildman–Crippen MR) is 127 cm³/mol. The van der Waals surface area contributed by atoms with E-state index < -0.39 is 0 Å². The van der Waals surface area contributed by atoms with E-state index in [9.17, 15) is 9.59 Å². The van der Waals surface area contributed by atoms with Crippen molar-refractivity contribution in [3.63, 3.8) is 0 Å². The van der Waals surface area contributed by atoms with Crippen LogP contribution in [0.15, 0.2) is 66.7 Å². The van der Waals surface area contributed by atoms with E-state index >= 15 is 0 Å². The molecule has 0 aromatic heterocycles. The standard InChI is InChI=1S/C26H31N3O2/c1-4-15-29(18-26(31)28-24-12-8-5-9-19(24)2)17-25(30)27-20(3)22-14-13-21-10-6-7-11-23(21)16-22/h5-14,16,20H,4,15,17-18H2,1-3H3,(H,27,30)(H,28,31)/t20-/m1/s1. The molecule has 0 radical (unpaired) electrons. The fourth-order valence-corrected chi connectivity index (χ4v) is 3.69. The van der Waals surface area contributed by atoms with Crippen LogP contribution in [0.4, 0.5) is 5.69 Å². The number of nitrogens with zero attached hydrogens (tertiary/aromatic N) is 1. The number of rotatable bonds is 9. The zero-order valence-electron chi connectivity index (χ0n) is 18.5. The van der Waals surface area contributed by atoms with E-state index in [4.69, 9.17) is 0 Å². The molecule has 5 heteroatoms. The number of amides is 2. The van der Waals surface area contributed by atoms with Crippen molar-refractivity contribution in [3.8, 4) is 0 Å².